The Labute approximate surface area is 167 Å². The Hall–Kier alpha value is -2.89. The van der Waals surface area contributed by atoms with Gasteiger partial charge in [-0.25, -0.2) is 8.42 Å². The Bertz CT molecular complexity index is 1310. The summed E-state index contributed by atoms with van der Waals surface area (Å²) >= 11 is 6.08. The summed E-state index contributed by atoms with van der Waals surface area (Å²) < 4.78 is 26.9. The molecule has 140 valence electrons. The Morgan fingerprint density at radius 1 is 0.929 bits per heavy atom. The molecule has 0 spiro atoms. The normalized spacial score (nSPS) is 11.6. The van der Waals surface area contributed by atoms with Crippen molar-refractivity contribution in [3.8, 4) is 0 Å². The number of aromatic amines is 1. The highest BCUT2D eigenvalue weighted by molar-refractivity contribution is 7.91. The van der Waals surface area contributed by atoms with Gasteiger partial charge in [0.1, 0.15) is 10.6 Å². The van der Waals surface area contributed by atoms with Gasteiger partial charge < -0.3 is 4.98 Å². The number of nitrogens with one attached hydrogen (secondary N) is 1. The summed E-state index contributed by atoms with van der Waals surface area (Å²) in [7, 11) is -3.93. The van der Waals surface area contributed by atoms with Crippen molar-refractivity contribution in [2.24, 2.45) is 0 Å². The number of halogens is 1. The minimum absolute atomic E-state index is 0.0291. The molecule has 28 heavy (non-hydrogen) atoms. The third kappa shape index (κ3) is 3.03. The lowest BCUT2D eigenvalue weighted by Gasteiger charge is -2.08. The molecule has 0 aliphatic carbocycles. The summed E-state index contributed by atoms with van der Waals surface area (Å²) in [6.45, 7) is 1.82. The van der Waals surface area contributed by atoms with Crippen LogP contribution in [0, 0.1) is 6.92 Å². The molecule has 0 aliphatic heterocycles. The molecule has 0 amide bonds. The number of hydrogen-bond donors (Lipinski definition) is 1. The maximum atomic E-state index is 13.4. The summed E-state index contributed by atoms with van der Waals surface area (Å²) in [4.78, 5) is 16.4. The number of sulfone groups is 1. The van der Waals surface area contributed by atoms with E-state index in [9.17, 15) is 13.2 Å². The number of carbonyl (C=O) groups excluding carboxylic acids is 1. The van der Waals surface area contributed by atoms with E-state index in [4.69, 9.17) is 11.6 Å². The van der Waals surface area contributed by atoms with E-state index < -0.39 is 9.84 Å². The van der Waals surface area contributed by atoms with Gasteiger partial charge in [0, 0.05) is 21.5 Å². The fraction of sp³-hybridized carbons (Fsp3) is 0.0455. The summed E-state index contributed by atoms with van der Waals surface area (Å²) in [5.74, 6) is -0.375. The number of aryl methyl sites for hydroxylation is 1. The average Bonchev–Trinajstić information content (AvgIpc) is 3.08. The summed E-state index contributed by atoms with van der Waals surface area (Å²) in [6.07, 6.45) is 0. The molecule has 0 fully saturated rings. The van der Waals surface area contributed by atoms with Crippen LogP contribution in [0.1, 0.15) is 21.6 Å². The highest BCUT2D eigenvalue weighted by Gasteiger charge is 2.30. The molecule has 3 aromatic carbocycles. The fourth-order valence-electron chi connectivity index (χ4n) is 3.26. The molecule has 0 unspecified atom stereocenters. The number of fused-ring (bicyclic) bond motifs is 1. The quantitative estimate of drug-likeness (QED) is 0.471. The smallest absolute Gasteiger partial charge is 0.210 e. The molecule has 0 atom stereocenters. The second-order valence-corrected chi connectivity index (χ2v) is 8.80. The van der Waals surface area contributed by atoms with Gasteiger partial charge in [-0.05, 0) is 36.8 Å². The first kappa shape index (κ1) is 18.5. The lowest BCUT2D eigenvalue weighted by atomic mass is 10.0. The monoisotopic (exact) mass is 409 g/mol. The highest BCUT2D eigenvalue weighted by atomic mass is 35.5. The molecule has 1 heterocycles. The van der Waals surface area contributed by atoms with Gasteiger partial charge >= 0.3 is 0 Å². The number of ketones is 1. The van der Waals surface area contributed by atoms with Gasteiger partial charge in [-0.15, -0.1) is 0 Å². The number of rotatable bonds is 4. The Morgan fingerprint density at radius 3 is 2.32 bits per heavy atom. The van der Waals surface area contributed by atoms with Crippen LogP contribution >= 0.6 is 11.6 Å². The SMILES string of the molecule is Cc1ccccc1C(=O)c1[nH]c2cc(Cl)ccc2c1S(=O)(=O)c1ccccc1. The molecule has 1 N–H and O–H groups in total. The number of carbonyl (C=O) groups is 1. The topological polar surface area (TPSA) is 67.0 Å². The van der Waals surface area contributed by atoms with Gasteiger partial charge in [-0.2, -0.15) is 0 Å². The van der Waals surface area contributed by atoms with Crippen molar-refractivity contribution in [3.05, 3.63) is 94.6 Å². The van der Waals surface area contributed by atoms with Gasteiger partial charge in [0.2, 0.25) is 15.6 Å². The van der Waals surface area contributed by atoms with Crippen molar-refractivity contribution in [1.82, 2.24) is 4.98 Å². The van der Waals surface area contributed by atoms with Crippen molar-refractivity contribution in [3.63, 3.8) is 0 Å². The second-order valence-electron chi connectivity index (χ2n) is 6.48. The van der Waals surface area contributed by atoms with Crippen molar-refractivity contribution >= 4 is 38.1 Å². The first-order valence-electron chi connectivity index (χ1n) is 8.61. The van der Waals surface area contributed by atoms with Crippen LogP contribution in [-0.2, 0) is 9.84 Å². The number of aromatic nitrogens is 1. The molecule has 0 saturated carbocycles. The van der Waals surface area contributed by atoms with Crippen LogP contribution in [0.15, 0.2) is 82.6 Å². The van der Waals surface area contributed by atoms with Gasteiger partial charge in [0.05, 0.1) is 4.90 Å². The Balaban J connectivity index is 2.04. The molecular weight excluding hydrogens is 394 g/mol. The minimum Gasteiger partial charge on any atom is -0.351 e. The molecule has 0 saturated heterocycles. The van der Waals surface area contributed by atoms with Crippen LogP contribution in [0.5, 0.6) is 0 Å². The molecule has 4 rings (SSSR count). The lowest BCUT2D eigenvalue weighted by molar-refractivity contribution is 0.103. The van der Waals surface area contributed by atoms with E-state index in [1.165, 1.54) is 12.1 Å². The maximum absolute atomic E-state index is 13.4. The van der Waals surface area contributed by atoms with Crippen LogP contribution in [0.25, 0.3) is 10.9 Å². The molecule has 0 radical (unpaired) electrons. The molecule has 4 nitrogen and oxygen atoms in total. The Morgan fingerprint density at radius 2 is 1.61 bits per heavy atom. The molecule has 0 bridgehead atoms. The van der Waals surface area contributed by atoms with E-state index in [0.29, 0.717) is 21.5 Å². The number of H-pyrrole nitrogens is 1. The zero-order chi connectivity index (χ0) is 19.9. The van der Waals surface area contributed by atoms with Gasteiger partial charge in [-0.3, -0.25) is 4.79 Å². The van der Waals surface area contributed by atoms with Crippen LogP contribution in [-0.4, -0.2) is 19.2 Å². The van der Waals surface area contributed by atoms with Gasteiger partial charge in [0.25, 0.3) is 0 Å². The summed E-state index contributed by atoms with van der Waals surface area (Å²) in [5, 5.41) is 0.887. The highest BCUT2D eigenvalue weighted by Crippen LogP contribution is 2.34. The van der Waals surface area contributed by atoms with Crippen LogP contribution < -0.4 is 0 Å². The van der Waals surface area contributed by atoms with Crippen molar-refractivity contribution in [1.29, 1.82) is 0 Å². The molecule has 4 aromatic rings. The van der Waals surface area contributed by atoms with E-state index in [2.05, 4.69) is 4.98 Å². The summed E-state index contributed by atoms with van der Waals surface area (Å²) in [6, 6.07) is 20.0. The average molecular weight is 410 g/mol. The second kappa shape index (κ2) is 6.93. The first-order chi connectivity index (χ1) is 13.4. The minimum atomic E-state index is -3.93. The fourth-order valence-corrected chi connectivity index (χ4v) is 5.07. The van der Waals surface area contributed by atoms with E-state index >= 15 is 0 Å². The molecular formula is C22H16ClNO3S. The van der Waals surface area contributed by atoms with Gasteiger partial charge in [0.15, 0.2) is 0 Å². The zero-order valence-corrected chi connectivity index (χ0v) is 16.5. The predicted octanol–water partition coefficient (Wildman–Crippen LogP) is 5.19. The standard InChI is InChI=1S/C22H16ClNO3S/c1-14-7-5-6-10-17(14)21(25)20-22(18-12-11-15(23)13-19(18)24-20)28(26,27)16-8-3-2-4-9-16/h2-13,24H,1H3. The first-order valence-corrected chi connectivity index (χ1v) is 10.5. The van der Waals surface area contributed by atoms with E-state index in [1.54, 1.807) is 48.5 Å². The van der Waals surface area contributed by atoms with Crippen LogP contribution in [0.2, 0.25) is 5.02 Å². The number of benzene rings is 3. The van der Waals surface area contributed by atoms with E-state index in [-0.39, 0.29) is 21.3 Å². The predicted molar refractivity (Wildman–Crippen MR) is 110 cm³/mol. The Kier molecular flexibility index (Phi) is 4.57. The van der Waals surface area contributed by atoms with Crippen LogP contribution in [0.3, 0.4) is 0 Å². The van der Waals surface area contributed by atoms with Crippen LogP contribution in [0.4, 0.5) is 0 Å². The van der Waals surface area contributed by atoms with E-state index in [1.807, 2.05) is 19.1 Å². The molecule has 6 heteroatoms. The summed E-state index contributed by atoms with van der Waals surface area (Å²) in [5.41, 5.74) is 1.76. The van der Waals surface area contributed by atoms with E-state index in [0.717, 1.165) is 5.56 Å². The largest absolute Gasteiger partial charge is 0.351 e. The van der Waals surface area contributed by atoms with Crippen molar-refractivity contribution < 1.29 is 13.2 Å². The number of hydrogen-bond acceptors (Lipinski definition) is 3. The molecule has 0 aliphatic rings. The molecule has 1 aromatic heterocycles. The maximum Gasteiger partial charge on any atom is 0.210 e. The van der Waals surface area contributed by atoms with Gasteiger partial charge in [-0.1, -0.05) is 60.1 Å². The zero-order valence-electron chi connectivity index (χ0n) is 14.9. The van der Waals surface area contributed by atoms with Crippen molar-refractivity contribution in [2.45, 2.75) is 16.7 Å². The third-order valence-electron chi connectivity index (χ3n) is 4.65. The third-order valence-corrected chi connectivity index (χ3v) is 6.74. The van der Waals surface area contributed by atoms with Crippen molar-refractivity contribution in [2.75, 3.05) is 0 Å². The lowest BCUT2D eigenvalue weighted by Crippen LogP contribution is -2.11.